The van der Waals surface area contributed by atoms with Crippen LogP contribution in [0.25, 0.3) is 0 Å². The minimum atomic E-state index is -0.331. The fraction of sp³-hybridized carbons (Fsp3) is 0.0769. The molecule has 0 atom stereocenters. The van der Waals surface area contributed by atoms with Gasteiger partial charge in [-0.15, -0.1) is 0 Å². The molecule has 0 amide bonds. The fourth-order valence-electron chi connectivity index (χ4n) is 1.10. The van der Waals surface area contributed by atoms with E-state index >= 15 is 0 Å². The highest BCUT2D eigenvalue weighted by atomic mass is 79.9. The number of hydrogen-bond acceptors (Lipinski definition) is 0. The summed E-state index contributed by atoms with van der Waals surface area (Å²) < 4.78 is 26.2. The molecule has 0 aliphatic heterocycles. The molecule has 2 aromatic rings. The van der Waals surface area contributed by atoms with Crippen molar-refractivity contribution in [1.82, 2.24) is 0 Å². The zero-order chi connectivity index (χ0) is 14.6. The third-order valence-corrected chi connectivity index (χ3v) is 4.05. The second-order valence-electron chi connectivity index (χ2n) is 3.53. The topological polar surface area (TPSA) is 0 Å². The predicted molar refractivity (Wildman–Crippen MR) is 83.0 cm³/mol. The number of rotatable bonds is 0. The van der Waals surface area contributed by atoms with Crippen LogP contribution in [0.5, 0.6) is 0 Å². The van der Waals surface area contributed by atoms with Crippen molar-refractivity contribution >= 4 is 55.1 Å². The highest BCUT2D eigenvalue weighted by Crippen LogP contribution is 2.24. The minimum Gasteiger partial charge on any atom is -0.206 e. The smallest absolute Gasteiger partial charge is 0.141 e. The molecule has 2 aromatic carbocycles. The number of halogens is 6. The van der Waals surface area contributed by atoms with E-state index in [1.54, 1.807) is 31.2 Å². The van der Waals surface area contributed by atoms with Gasteiger partial charge in [0.05, 0.1) is 8.95 Å². The van der Waals surface area contributed by atoms with E-state index in [4.69, 9.17) is 23.2 Å². The average Bonchev–Trinajstić information content (AvgIpc) is 2.37. The first kappa shape index (κ1) is 16.9. The fourth-order valence-corrected chi connectivity index (χ4v) is 2.08. The molecule has 0 aliphatic rings. The number of benzene rings is 2. The summed E-state index contributed by atoms with van der Waals surface area (Å²) in [6.07, 6.45) is 0. The van der Waals surface area contributed by atoms with Crippen molar-refractivity contribution in [2.75, 3.05) is 0 Å². The largest absolute Gasteiger partial charge is 0.206 e. The van der Waals surface area contributed by atoms with Crippen LogP contribution in [0.15, 0.2) is 39.3 Å². The van der Waals surface area contributed by atoms with Gasteiger partial charge in [0.15, 0.2) is 0 Å². The van der Waals surface area contributed by atoms with E-state index in [1.807, 2.05) is 0 Å². The highest BCUT2D eigenvalue weighted by molar-refractivity contribution is 9.10. The third-order valence-electron chi connectivity index (χ3n) is 2.15. The lowest BCUT2D eigenvalue weighted by atomic mass is 10.2. The van der Waals surface area contributed by atoms with Gasteiger partial charge in [-0.25, -0.2) is 8.78 Å². The monoisotopic (exact) mass is 430 g/mol. The van der Waals surface area contributed by atoms with Gasteiger partial charge in [-0.3, -0.25) is 0 Å². The molecular weight excluding hydrogens is 425 g/mol. The summed E-state index contributed by atoms with van der Waals surface area (Å²) in [5.41, 5.74) is 0.482. The summed E-state index contributed by atoms with van der Waals surface area (Å²) in [4.78, 5) is 0. The molecule has 102 valence electrons. The van der Waals surface area contributed by atoms with E-state index in [0.29, 0.717) is 24.6 Å². The summed E-state index contributed by atoms with van der Waals surface area (Å²) in [7, 11) is 0. The van der Waals surface area contributed by atoms with Crippen LogP contribution < -0.4 is 0 Å². The molecule has 0 aromatic heterocycles. The molecule has 2 rings (SSSR count). The summed E-state index contributed by atoms with van der Waals surface area (Å²) in [6.45, 7) is 1.64. The molecule has 6 heteroatoms. The van der Waals surface area contributed by atoms with E-state index < -0.39 is 0 Å². The Kier molecular flexibility index (Phi) is 6.74. The SMILES string of the molecule is Cc1c(Cl)ccc(Br)c1F.Fc1cc(Cl)ccc1Br. The van der Waals surface area contributed by atoms with Gasteiger partial charge in [-0.05, 0) is 69.1 Å². The Bertz CT molecular complexity index is 562. The normalized spacial score (nSPS) is 9.84. The molecule has 0 saturated carbocycles. The van der Waals surface area contributed by atoms with Crippen LogP contribution in [-0.2, 0) is 0 Å². The molecule has 0 saturated heterocycles. The van der Waals surface area contributed by atoms with Crippen molar-refractivity contribution in [3.8, 4) is 0 Å². The Balaban J connectivity index is 0.000000191. The first-order chi connectivity index (χ1) is 8.82. The number of hydrogen-bond donors (Lipinski definition) is 0. The van der Waals surface area contributed by atoms with E-state index in [0.717, 1.165) is 0 Å². The lowest BCUT2D eigenvalue weighted by Crippen LogP contribution is -1.83. The average molecular weight is 433 g/mol. The third kappa shape index (κ3) is 5.03. The molecule has 0 aliphatic carbocycles. The molecule has 0 nitrogen and oxygen atoms in total. The zero-order valence-corrected chi connectivity index (χ0v) is 14.3. The molecule has 0 bridgehead atoms. The highest BCUT2D eigenvalue weighted by Gasteiger charge is 2.04. The lowest BCUT2D eigenvalue weighted by molar-refractivity contribution is 0.612. The Morgan fingerprint density at radius 1 is 0.947 bits per heavy atom. The van der Waals surface area contributed by atoms with E-state index in [2.05, 4.69) is 31.9 Å². The zero-order valence-electron chi connectivity index (χ0n) is 9.65. The summed E-state index contributed by atoms with van der Waals surface area (Å²) in [5.74, 6) is -0.616. The van der Waals surface area contributed by atoms with Gasteiger partial charge >= 0.3 is 0 Å². The molecule has 19 heavy (non-hydrogen) atoms. The van der Waals surface area contributed by atoms with Gasteiger partial charge in [0, 0.05) is 15.6 Å². The van der Waals surface area contributed by atoms with Crippen LogP contribution in [0.4, 0.5) is 8.78 Å². The molecule has 0 unspecified atom stereocenters. The molecular formula is C13H8Br2Cl2F2. The van der Waals surface area contributed by atoms with Crippen molar-refractivity contribution in [3.05, 3.63) is 66.5 Å². The van der Waals surface area contributed by atoms with Crippen LogP contribution in [0, 0.1) is 18.6 Å². The maximum Gasteiger partial charge on any atom is 0.141 e. The van der Waals surface area contributed by atoms with Gasteiger partial charge in [0.2, 0.25) is 0 Å². The Labute approximate surface area is 137 Å². The van der Waals surface area contributed by atoms with Crippen molar-refractivity contribution in [3.63, 3.8) is 0 Å². The van der Waals surface area contributed by atoms with Gasteiger partial charge in [0.1, 0.15) is 11.6 Å². The standard InChI is InChI=1S/C7H5BrClF.C6H3BrClF/c1-4-6(9)3-2-5(8)7(4)10;7-5-2-1-4(8)3-6(5)9/h2-3H,1H3;1-3H. The van der Waals surface area contributed by atoms with Crippen LogP contribution in [-0.4, -0.2) is 0 Å². The maximum absolute atomic E-state index is 12.9. The van der Waals surface area contributed by atoms with Crippen LogP contribution in [0.2, 0.25) is 10.0 Å². The Hall–Kier alpha value is -0.160. The van der Waals surface area contributed by atoms with E-state index in [1.165, 1.54) is 6.07 Å². The summed E-state index contributed by atoms with van der Waals surface area (Å²) >= 11 is 17.1. The van der Waals surface area contributed by atoms with Gasteiger partial charge < -0.3 is 0 Å². The molecule has 0 N–H and O–H groups in total. The molecule has 0 heterocycles. The van der Waals surface area contributed by atoms with E-state index in [9.17, 15) is 8.78 Å². The predicted octanol–water partition coefficient (Wildman–Crippen LogP) is 6.79. The van der Waals surface area contributed by atoms with Crippen LogP contribution in [0.1, 0.15) is 5.56 Å². The molecule has 0 fully saturated rings. The van der Waals surface area contributed by atoms with Crippen molar-refractivity contribution in [1.29, 1.82) is 0 Å². The minimum absolute atomic E-state index is 0.285. The van der Waals surface area contributed by atoms with Crippen LogP contribution in [0.3, 0.4) is 0 Å². The first-order valence-corrected chi connectivity index (χ1v) is 7.37. The quantitative estimate of drug-likeness (QED) is 0.402. The van der Waals surface area contributed by atoms with Crippen molar-refractivity contribution in [2.24, 2.45) is 0 Å². The Morgan fingerprint density at radius 2 is 1.53 bits per heavy atom. The second kappa shape index (κ2) is 7.58. The van der Waals surface area contributed by atoms with Crippen molar-refractivity contribution < 1.29 is 8.78 Å². The van der Waals surface area contributed by atoms with Gasteiger partial charge in [-0.2, -0.15) is 0 Å². The molecule has 0 radical (unpaired) electrons. The maximum atomic E-state index is 12.9. The second-order valence-corrected chi connectivity index (χ2v) is 6.08. The lowest BCUT2D eigenvalue weighted by Gasteiger charge is -1.99. The van der Waals surface area contributed by atoms with Gasteiger partial charge in [-0.1, -0.05) is 23.2 Å². The summed E-state index contributed by atoms with van der Waals surface area (Å²) in [5, 5.41) is 0.872. The van der Waals surface area contributed by atoms with Crippen molar-refractivity contribution in [2.45, 2.75) is 6.92 Å². The summed E-state index contributed by atoms with van der Waals surface area (Å²) in [6, 6.07) is 7.69. The van der Waals surface area contributed by atoms with Gasteiger partial charge in [0.25, 0.3) is 0 Å². The first-order valence-electron chi connectivity index (χ1n) is 5.03. The van der Waals surface area contributed by atoms with Crippen LogP contribution >= 0.6 is 55.1 Å². The van der Waals surface area contributed by atoms with E-state index in [-0.39, 0.29) is 11.6 Å². The molecule has 0 spiro atoms. The Morgan fingerprint density at radius 3 is 2.00 bits per heavy atom.